The Morgan fingerprint density at radius 2 is 1.38 bits per heavy atom. The first-order chi connectivity index (χ1) is 17.9. The molecule has 2 aliphatic rings. The molecule has 0 radical (unpaired) electrons. The van der Waals surface area contributed by atoms with Gasteiger partial charge >= 0.3 is 220 Å². The zero-order chi connectivity index (χ0) is 25.1. The van der Waals surface area contributed by atoms with Gasteiger partial charge in [0.2, 0.25) is 0 Å². The van der Waals surface area contributed by atoms with E-state index in [1.165, 1.54) is 37.5 Å². The van der Waals surface area contributed by atoms with Crippen molar-refractivity contribution < 1.29 is 9.59 Å². The molecule has 2 aromatic heterocycles. The summed E-state index contributed by atoms with van der Waals surface area (Å²) in [4.78, 5) is 26.8. The van der Waals surface area contributed by atoms with Crippen LogP contribution in [-0.4, -0.2) is 30.6 Å². The summed E-state index contributed by atoms with van der Waals surface area (Å²) >= 11 is -0.0398. The molecule has 6 aromatic rings. The summed E-state index contributed by atoms with van der Waals surface area (Å²) in [7, 11) is 0. The third kappa shape index (κ3) is 2.67. The number of carbonyl (C=O) groups excluding carboxylic acids is 2. The second kappa shape index (κ2) is 7.07. The summed E-state index contributed by atoms with van der Waals surface area (Å²) in [6, 6.07) is 29.1. The Morgan fingerprint density at radius 3 is 2.11 bits per heavy atom. The fraction of sp³-hybridized carbons (Fsp3) is 0.0909. The molecular weight excluding hydrogens is 521 g/mol. The number of ketones is 2. The molecule has 4 heteroatoms. The normalized spacial score (nSPS) is 15.6. The summed E-state index contributed by atoms with van der Waals surface area (Å²) in [5.74, 6) is -0.327. The SMILES string of the molecule is CC1(C)c2cc(C=C3C(=O)c4cc5ccccc5cc4C3=O)[se]c2-n2c3ccccc3c3cccc1c32. The van der Waals surface area contributed by atoms with Crippen molar-refractivity contribution in [3.05, 3.63) is 117 Å². The van der Waals surface area contributed by atoms with Crippen LogP contribution < -0.4 is 0 Å². The van der Waals surface area contributed by atoms with Crippen LogP contribution >= 0.6 is 0 Å². The van der Waals surface area contributed by atoms with Gasteiger partial charge in [0, 0.05) is 0 Å². The topological polar surface area (TPSA) is 39.1 Å². The van der Waals surface area contributed by atoms with Crippen LogP contribution in [0.25, 0.3) is 43.2 Å². The van der Waals surface area contributed by atoms with E-state index in [-0.39, 0.29) is 37.1 Å². The van der Waals surface area contributed by atoms with Gasteiger partial charge in [-0.05, 0) is 0 Å². The van der Waals surface area contributed by atoms with Crippen molar-refractivity contribution in [1.29, 1.82) is 0 Å². The van der Waals surface area contributed by atoms with E-state index < -0.39 is 0 Å². The fourth-order valence-corrected chi connectivity index (χ4v) is 8.94. The van der Waals surface area contributed by atoms with Crippen LogP contribution in [0.2, 0.25) is 0 Å². The van der Waals surface area contributed by atoms with Crippen molar-refractivity contribution in [2.75, 3.05) is 0 Å². The van der Waals surface area contributed by atoms with Gasteiger partial charge in [-0.3, -0.25) is 0 Å². The number of rotatable bonds is 1. The molecule has 3 heterocycles. The zero-order valence-electron chi connectivity index (χ0n) is 20.3. The van der Waals surface area contributed by atoms with E-state index in [0.717, 1.165) is 15.2 Å². The number of carbonyl (C=O) groups is 2. The van der Waals surface area contributed by atoms with Gasteiger partial charge in [-0.15, -0.1) is 0 Å². The second-order valence-corrected chi connectivity index (χ2v) is 12.7. The van der Waals surface area contributed by atoms with Crippen molar-refractivity contribution in [2.45, 2.75) is 19.3 Å². The number of Topliss-reactive ketones (excluding diaryl/α,β-unsaturated/α-hetero) is 2. The van der Waals surface area contributed by atoms with Gasteiger partial charge < -0.3 is 0 Å². The first kappa shape index (κ1) is 21.1. The first-order valence-electron chi connectivity index (χ1n) is 12.4. The van der Waals surface area contributed by atoms with E-state index in [9.17, 15) is 9.59 Å². The number of fused-ring (bicyclic) bond motifs is 7. The number of benzene rings is 4. The molecule has 4 aromatic carbocycles. The predicted octanol–water partition coefficient (Wildman–Crippen LogP) is 7.10. The monoisotopic (exact) mass is 543 g/mol. The molecule has 0 saturated carbocycles. The molecule has 0 amide bonds. The number of para-hydroxylation sites is 2. The fourth-order valence-electron chi connectivity index (χ4n) is 6.25. The molecule has 1 aliphatic heterocycles. The van der Waals surface area contributed by atoms with Crippen LogP contribution in [-0.2, 0) is 5.41 Å². The molecular formula is C33H21NO2Se. The summed E-state index contributed by atoms with van der Waals surface area (Å²) in [5.41, 5.74) is 6.24. The van der Waals surface area contributed by atoms with Crippen molar-refractivity contribution in [3.8, 4) is 4.56 Å². The quantitative estimate of drug-likeness (QED) is 0.126. The van der Waals surface area contributed by atoms with Gasteiger partial charge in [0.05, 0.1) is 0 Å². The number of allylic oxidation sites excluding steroid dienone is 1. The molecule has 0 N–H and O–H groups in total. The van der Waals surface area contributed by atoms with Crippen LogP contribution in [0.4, 0.5) is 0 Å². The molecule has 0 unspecified atom stereocenters. The zero-order valence-corrected chi connectivity index (χ0v) is 22.0. The third-order valence-electron chi connectivity index (χ3n) is 8.13. The summed E-state index contributed by atoms with van der Waals surface area (Å²) in [6.45, 7) is 4.57. The average molecular weight is 542 g/mol. The van der Waals surface area contributed by atoms with E-state index >= 15 is 0 Å². The van der Waals surface area contributed by atoms with Crippen LogP contribution in [0.5, 0.6) is 0 Å². The molecule has 8 rings (SSSR count). The Labute approximate surface area is 219 Å². The van der Waals surface area contributed by atoms with E-state index in [1.807, 2.05) is 42.5 Å². The first-order valence-corrected chi connectivity index (χ1v) is 14.2. The van der Waals surface area contributed by atoms with E-state index in [1.54, 1.807) is 0 Å². The molecule has 1 aliphatic carbocycles. The Morgan fingerprint density at radius 1 is 0.730 bits per heavy atom. The van der Waals surface area contributed by atoms with E-state index in [4.69, 9.17) is 0 Å². The van der Waals surface area contributed by atoms with Gasteiger partial charge in [-0.1, -0.05) is 0 Å². The van der Waals surface area contributed by atoms with Crippen molar-refractivity contribution in [3.63, 3.8) is 0 Å². The Balaban J connectivity index is 1.34. The molecule has 0 fully saturated rings. The van der Waals surface area contributed by atoms with E-state index in [0.29, 0.717) is 11.1 Å². The molecule has 3 nitrogen and oxygen atoms in total. The molecule has 37 heavy (non-hydrogen) atoms. The number of aromatic nitrogens is 1. The predicted molar refractivity (Wildman–Crippen MR) is 150 cm³/mol. The van der Waals surface area contributed by atoms with Crippen molar-refractivity contribution in [2.24, 2.45) is 0 Å². The van der Waals surface area contributed by atoms with Gasteiger partial charge in [-0.25, -0.2) is 0 Å². The Hall–Kier alpha value is -3.98. The van der Waals surface area contributed by atoms with Crippen molar-refractivity contribution >= 4 is 64.7 Å². The number of hydrogen-bond donors (Lipinski definition) is 0. The van der Waals surface area contributed by atoms with Gasteiger partial charge in [-0.2, -0.15) is 0 Å². The number of hydrogen-bond acceptors (Lipinski definition) is 2. The number of nitrogens with zero attached hydrogens (tertiary/aromatic N) is 1. The third-order valence-corrected chi connectivity index (χ3v) is 10.4. The molecule has 176 valence electrons. The van der Waals surface area contributed by atoms with Crippen LogP contribution in [0.3, 0.4) is 0 Å². The maximum absolute atomic E-state index is 13.4. The molecule has 0 spiro atoms. The minimum atomic E-state index is -0.175. The molecule has 0 atom stereocenters. The summed E-state index contributed by atoms with van der Waals surface area (Å²) in [5, 5.41) is 4.50. The maximum atomic E-state index is 13.4. The van der Waals surface area contributed by atoms with Gasteiger partial charge in [0.1, 0.15) is 0 Å². The second-order valence-electron chi connectivity index (χ2n) is 10.5. The minimum absolute atomic E-state index is 0.0398. The standard InChI is InChI=1S/C33H21NO2Se/c1-33(2)26-12-7-11-22-21-10-5-6-13-28(21)34(29(22)26)32-27(33)17-20(37-32)16-25-30(35)23-14-18-8-3-4-9-19(18)15-24(23)31(25)36/h3-17H,1-2H3. The van der Waals surface area contributed by atoms with Crippen LogP contribution in [0.15, 0.2) is 90.5 Å². The van der Waals surface area contributed by atoms with Crippen molar-refractivity contribution in [1.82, 2.24) is 4.57 Å². The molecule has 0 saturated heterocycles. The van der Waals surface area contributed by atoms with Gasteiger partial charge in [0.15, 0.2) is 0 Å². The van der Waals surface area contributed by atoms with Crippen LogP contribution in [0.1, 0.15) is 50.1 Å². The van der Waals surface area contributed by atoms with Crippen LogP contribution in [0, 0.1) is 0 Å². The Kier molecular flexibility index (Phi) is 4.04. The Bertz CT molecular complexity index is 1990. The van der Waals surface area contributed by atoms with Gasteiger partial charge in [0.25, 0.3) is 0 Å². The summed E-state index contributed by atoms with van der Waals surface area (Å²) in [6.07, 6.45) is 1.87. The van der Waals surface area contributed by atoms with E-state index in [2.05, 4.69) is 66.9 Å². The average Bonchev–Trinajstić information content (AvgIpc) is 3.55. The summed E-state index contributed by atoms with van der Waals surface area (Å²) < 4.78 is 4.80. The molecule has 0 bridgehead atoms.